The van der Waals surface area contributed by atoms with Gasteiger partial charge in [0.15, 0.2) is 5.11 Å². The Bertz CT molecular complexity index is 924. The number of benzene rings is 3. The summed E-state index contributed by atoms with van der Waals surface area (Å²) in [5.41, 5.74) is 4.80. The van der Waals surface area contributed by atoms with Crippen LogP contribution in [0.5, 0.6) is 5.75 Å². The number of hydrogen-bond donors (Lipinski definition) is 2. The molecule has 0 heterocycles. The van der Waals surface area contributed by atoms with Crippen molar-refractivity contribution in [3.8, 4) is 5.75 Å². The highest BCUT2D eigenvalue weighted by Gasteiger charge is 2.02. The highest BCUT2D eigenvalue weighted by Crippen LogP contribution is 2.20. The zero-order valence-electron chi connectivity index (χ0n) is 14.6. The van der Waals surface area contributed by atoms with E-state index < -0.39 is 0 Å². The standard InChI is InChI=1S/C21H21N3OS/c1-2-22-21(26)24-23-14-19-9-5-6-10-20(19)25-15-16-11-12-17-7-3-4-8-18(17)13-16/h3-14H,2,15H2,1H3,(H2,22,24,26). The van der Waals surface area contributed by atoms with Crippen molar-refractivity contribution in [1.82, 2.24) is 10.7 Å². The van der Waals surface area contributed by atoms with Crippen LogP contribution in [-0.4, -0.2) is 17.9 Å². The molecule has 0 aliphatic carbocycles. The molecule has 3 aromatic rings. The van der Waals surface area contributed by atoms with Crippen molar-refractivity contribution in [2.24, 2.45) is 5.10 Å². The number of nitrogens with one attached hydrogen (secondary N) is 2. The molecular weight excluding hydrogens is 342 g/mol. The van der Waals surface area contributed by atoms with E-state index in [1.165, 1.54) is 10.8 Å². The fraction of sp³-hybridized carbons (Fsp3) is 0.143. The lowest BCUT2D eigenvalue weighted by molar-refractivity contribution is 0.306. The molecule has 0 aliphatic heterocycles. The molecule has 0 atom stereocenters. The fourth-order valence-electron chi connectivity index (χ4n) is 2.57. The van der Waals surface area contributed by atoms with Crippen molar-refractivity contribution in [3.05, 3.63) is 77.9 Å². The normalized spacial score (nSPS) is 10.8. The maximum Gasteiger partial charge on any atom is 0.186 e. The van der Waals surface area contributed by atoms with Gasteiger partial charge >= 0.3 is 0 Å². The Labute approximate surface area is 158 Å². The Morgan fingerprint density at radius 2 is 1.81 bits per heavy atom. The van der Waals surface area contributed by atoms with Crippen LogP contribution in [0.15, 0.2) is 71.8 Å². The van der Waals surface area contributed by atoms with Crippen molar-refractivity contribution in [1.29, 1.82) is 0 Å². The van der Waals surface area contributed by atoms with Crippen molar-refractivity contribution >= 4 is 34.3 Å². The van der Waals surface area contributed by atoms with Crippen molar-refractivity contribution in [3.63, 3.8) is 0 Å². The Kier molecular flexibility index (Phi) is 6.17. The predicted molar refractivity (Wildman–Crippen MR) is 112 cm³/mol. The summed E-state index contributed by atoms with van der Waals surface area (Å²) in [5.74, 6) is 0.778. The molecule has 0 saturated heterocycles. The lowest BCUT2D eigenvalue weighted by atomic mass is 10.1. The average molecular weight is 363 g/mol. The monoisotopic (exact) mass is 363 g/mol. The summed E-state index contributed by atoms with van der Waals surface area (Å²) in [6.07, 6.45) is 1.71. The minimum Gasteiger partial charge on any atom is -0.488 e. The third-order valence-corrected chi connectivity index (χ3v) is 4.07. The Balaban J connectivity index is 1.67. The maximum absolute atomic E-state index is 6.01. The van der Waals surface area contributed by atoms with E-state index in [0.29, 0.717) is 11.7 Å². The summed E-state index contributed by atoms with van der Waals surface area (Å²) in [4.78, 5) is 0. The molecule has 0 aromatic heterocycles. The van der Waals surface area contributed by atoms with Gasteiger partial charge in [-0.05, 0) is 53.7 Å². The molecule has 3 rings (SSSR count). The summed E-state index contributed by atoms with van der Waals surface area (Å²) in [6.45, 7) is 3.24. The Morgan fingerprint density at radius 1 is 1.04 bits per heavy atom. The van der Waals surface area contributed by atoms with Gasteiger partial charge in [-0.3, -0.25) is 5.43 Å². The van der Waals surface area contributed by atoms with Gasteiger partial charge in [-0.1, -0.05) is 48.5 Å². The Morgan fingerprint density at radius 3 is 2.65 bits per heavy atom. The van der Waals surface area contributed by atoms with Crippen LogP contribution in [0, 0.1) is 0 Å². The minimum atomic E-state index is 0.498. The van der Waals surface area contributed by atoms with Crippen LogP contribution in [0.4, 0.5) is 0 Å². The first-order valence-corrected chi connectivity index (χ1v) is 8.93. The van der Waals surface area contributed by atoms with Crippen molar-refractivity contribution in [2.75, 3.05) is 6.54 Å². The number of rotatable bonds is 6. The van der Waals surface area contributed by atoms with Gasteiger partial charge in [0.25, 0.3) is 0 Å². The maximum atomic E-state index is 6.01. The minimum absolute atomic E-state index is 0.498. The predicted octanol–water partition coefficient (Wildman–Crippen LogP) is 4.24. The molecule has 0 spiro atoms. The van der Waals surface area contributed by atoms with Crippen LogP contribution in [0.2, 0.25) is 0 Å². The molecule has 132 valence electrons. The molecule has 0 bridgehead atoms. The molecule has 0 aliphatic rings. The summed E-state index contributed by atoms with van der Waals surface area (Å²) in [5, 5.41) is 10.1. The van der Waals surface area contributed by atoms with Crippen LogP contribution < -0.4 is 15.5 Å². The zero-order chi connectivity index (χ0) is 18.2. The lowest BCUT2D eigenvalue weighted by Crippen LogP contribution is -2.31. The first-order valence-electron chi connectivity index (χ1n) is 8.52. The van der Waals surface area contributed by atoms with E-state index in [1.807, 2.05) is 43.3 Å². The average Bonchev–Trinajstić information content (AvgIpc) is 2.67. The van der Waals surface area contributed by atoms with Gasteiger partial charge in [-0.2, -0.15) is 5.10 Å². The molecule has 0 amide bonds. The largest absolute Gasteiger partial charge is 0.488 e. The van der Waals surface area contributed by atoms with Crippen LogP contribution in [-0.2, 0) is 6.61 Å². The second kappa shape index (κ2) is 8.97. The van der Waals surface area contributed by atoms with Crippen molar-refractivity contribution in [2.45, 2.75) is 13.5 Å². The molecular formula is C21H21N3OS. The molecule has 0 unspecified atom stereocenters. The fourth-order valence-corrected chi connectivity index (χ4v) is 2.77. The van der Waals surface area contributed by atoms with E-state index in [1.54, 1.807) is 6.21 Å². The second-order valence-electron chi connectivity index (χ2n) is 5.74. The number of hydrazone groups is 1. The van der Waals surface area contributed by atoms with E-state index in [0.717, 1.165) is 23.4 Å². The number of thiocarbonyl (C=S) groups is 1. The number of hydrogen-bond acceptors (Lipinski definition) is 3. The molecule has 4 nitrogen and oxygen atoms in total. The molecule has 0 saturated carbocycles. The molecule has 0 fully saturated rings. The first kappa shape index (κ1) is 17.9. The van der Waals surface area contributed by atoms with Crippen molar-refractivity contribution < 1.29 is 4.74 Å². The van der Waals surface area contributed by atoms with E-state index in [2.05, 4.69) is 46.2 Å². The number of para-hydroxylation sites is 1. The number of fused-ring (bicyclic) bond motifs is 1. The topological polar surface area (TPSA) is 45.7 Å². The third kappa shape index (κ3) is 4.80. The summed E-state index contributed by atoms with van der Waals surface area (Å²) in [6, 6.07) is 22.5. The molecule has 26 heavy (non-hydrogen) atoms. The summed E-state index contributed by atoms with van der Waals surface area (Å²) < 4.78 is 6.01. The smallest absolute Gasteiger partial charge is 0.186 e. The molecule has 2 N–H and O–H groups in total. The van der Waals surface area contributed by atoms with Crippen LogP contribution in [0.3, 0.4) is 0 Å². The van der Waals surface area contributed by atoms with Gasteiger partial charge in [-0.15, -0.1) is 0 Å². The van der Waals surface area contributed by atoms with Gasteiger partial charge in [0, 0.05) is 12.1 Å². The first-order chi connectivity index (χ1) is 12.8. The van der Waals surface area contributed by atoms with Crippen LogP contribution >= 0.6 is 12.2 Å². The Hall–Kier alpha value is -2.92. The van der Waals surface area contributed by atoms with Gasteiger partial charge in [0.2, 0.25) is 0 Å². The van der Waals surface area contributed by atoms with E-state index >= 15 is 0 Å². The summed E-state index contributed by atoms with van der Waals surface area (Å²) in [7, 11) is 0. The highest BCUT2D eigenvalue weighted by atomic mass is 32.1. The molecule has 0 radical (unpaired) electrons. The van der Waals surface area contributed by atoms with E-state index in [4.69, 9.17) is 17.0 Å². The lowest BCUT2D eigenvalue weighted by Gasteiger charge is -2.10. The second-order valence-corrected chi connectivity index (χ2v) is 6.15. The van der Waals surface area contributed by atoms with Gasteiger partial charge in [0.05, 0.1) is 6.21 Å². The third-order valence-electron chi connectivity index (χ3n) is 3.83. The molecule has 3 aromatic carbocycles. The zero-order valence-corrected chi connectivity index (χ0v) is 15.4. The number of nitrogens with zero attached hydrogens (tertiary/aromatic N) is 1. The summed E-state index contributed by atoms with van der Waals surface area (Å²) >= 11 is 5.09. The molecule has 5 heteroatoms. The van der Waals surface area contributed by atoms with Gasteiger partial charge in [0.1, 0.15) is 12.4 Å². The van der Waals surface area contributed by atoms with Crippen LogP contribution in [0.1, 0.15) is 18.1 Å². The van der Waals surface area contributed by atoms with Gasteiger partial charge < -0.3 is 10.1 Å². The van der Waals surface area contributed by atoms with Gasteiger partial charge in [-0.25, -0.2) is 0 Å². The van der Waals surface area contributed by atoms with E-state index in [9.17, 15) is 0 Å². The van der Waals surface area contributed by atoms with E-state index in [-0.39, 0.29) is 0 Å². The number of ether oxygens (including phenoxy) is 1. The van der Waals surface area contributed by atoms with Crippen LogP contribution in [0.25, 0.3) is 10.8 Å². The quantitative estimate of drug-likeness (QED) is 0.391. The SMILES string of the molecule is CCNC(=S)NN=Cc1ccccc1OCc1ccc2ccccc2c1. The highest BCUT2D eigenvalue weighted by molar-refractivity contribution is 7.80.